The van der Waals surface area contributed by atoms with Gasteiger partial charge >= 0.3 is 0 Å². The van der Waals surface area contributed by atoms with Gasteiger partial charge in [0.1, 0.15) is 11.9 Å². The van der Waals surface area contributed by atoms with Crippen LogP contribution >= 0.6 is 0 Å². The highest BCUT2D eigenvalue weighted by Gasteiger charge is 2.35. The number of benzene rings is 1. The second kappa shape index (κ2) is 7.47. The van der Waals surface area contributed by atoms with E-state index in [0.29, 0.717) is 18.5 Å². The number of ether oxygens (including phenoxy) is 1. The number of aliphatic hydroxyl groups is 2. The zero-order valence-electron chi connectivity index (χ0n) is 15.3. The molecule has 0 spiro atoms. The van der Waals surface area contributed by atoms with E-state index in [0.717, 1.165) is 23.4 Å². The first kappa shape index (κ1) is 18.4. The summed E-state index contributed by atoms with van der Waals surface area (Å²) in [6.45, 7) is 0. The Hall–Kier alpha value is -2.38. The number of nitrogens with zero attached hydrogens (tertiary/aromatic N) is 3. The smallest absolute Gasteiger partial charge is 0.274 e. The summed E-state index contributed by atoms with van der Waals surface area (Å²) in [5.74, 6) is 0.496. The van der Waals surface area contributed by atoms with Gasteiger partial charge in [-0.2, -0.15) is 5.10 Å². The second-order valence-corrected chi connectivity index (χ2v) is 6.74. The Morgan fingerprint density at radius 1 is 1.27 bits per heavy atom. The molecule has 0 bridgehead atoms. The van der Waals surface area contributed by atoms with Crippen molar-refractivity contribution in [1.82, 2.24) is 14.7 Å². The topological polar surface area (TPSA) is 87.8 Å². The van der Waals surface area contributed by atoms with Crippen LogP contribution in [-0.4, -0.2) is 63.2 Å². The molecule has 0 radical (unpaired) electrons. The Bertz CT molecular complexity index is 772. The number of hydrogen-bond acceptors (Lipinski definition) is 5. The van der Waals surface area contributed by atoms with E-state index < -0.39 is 18.2 Å². The van der Waals surface area contributed by atoms with Gasteiger partial charge < -0.3 is 19.8 Å². The maximum atomic E-state index is 12.8. The number of carbonyl (C=O) groups excluding carboxylic acids is 1. The van der Waals surface area contributed by atoms with Crippen molar-refractivity contribution < 1.29 is 19.7 Å². The molecule has 3 atom stereocenters. The Labute approximate surface area is 152 Å². The van der Waals surface area contributed by atoms with E-state index in [-0.39, 0.29) is 5.91 Å². The highest BCUT2D eigenvalue weighted by Crippen LogP contribution is 2.26. The summed E-state index contributed by atoms with van der Waals surface area (Å²) in [5.41, 5.74) is 2.05. The molecule has 1 aromatic heterocycles. The number of aryl methyl sites for hydroxylation is 1. The lowest BCUT2D eigenvalue weighted by molar-refractivity contribution is -0.0527. The first-order valence-electron chi connectivity index (χ1n) is 8.74. The average Bonchev–Trinajstić information content (AvgIpc) is 3.04. The van der Waals surface area contributed by atoms with E-state index in [1.165, 1.54) is 4.90 Å². The zero-order chi connectivity index (χ0) is 18.8. The molecule has 0 saturated heterocycles. The van der Waals surface area contributed by atoms with Crippen LogP contribution in [0.15, 0.2) is 30.3 Å². The first-order valence-corrected chi connectivity index (χ1v) is 8.74. The fourth-order valence-electron chi connectivity index (χ4n) is 3.49. The van der Waals surface area contributed by atoms with Gasteiger partial charge in [0.05, 0.1) is 24.9 Å². The largest absolute Gasteiger partial charge is 0.497 e. The SMILES string of the molecule is COc1ccc(-c2cc(C(=O)N(C)[C@@H]3CCC[C@@H](O)[C@@H]3O)nn2C)cc1. The fraction of sp³-hybridized carbons (Fsp3) is 0.474. The average molecular weight is 359 g/mol. The molecule has 1 aromatic carbocycles. The van der Waals surface area contributed by atoms with Gasteiger partial charge in [-0.05, 0) is 49.6 Å². The minimum atomic E-state index is -0.928. The summed E-state index contributed by atoms with van der Waals surface area (Å²) in [4.78, 5) is 14.3. The number of rotatable bonds is 4. The second-order valence-electron chi connectivity index (χ2n) is 6.74. The molecule has 2 aromatic rings. The molecule has 1 aliphatic carbocycles. The van der Waals surface area contributed by atoms with Gasteiger partial charge in [-0.1, -0.05) is 0 Å². The van der Waals surface area contributed by atoms with E-state index in [2.05, 4.69) is 5.10 Å². The Kier molecular flexibility index (Phi) is 5.29. The van der Waals surface area contributed by atoms with E-state index in [1.807, 2.05) is 24.3 Å². The molecule has 7 nitrogen and oxygen atoms in total. The van der Waals surface area contributed by atoms with E-state index in [9.17, 15) is 15.0 Å². The lowest BCUT2D eigenvalue weighted by Crippen LogP contribution is -2.51. The zero-order valence-corrected chi connectivity index (χ0v) is 15.3. The predicted octanol–water partition coefficient (Wildman–Crippen LogP) is 1.44. The van der Waals surface area contributed by atoms with Crippen LogP contribution in [0.2, 0.25) is 0 Å². The van der Waals surface area contributed by atoms with E-state index in [1.54, 1.807) is 32.0 Å². The fourth-order valence-corrected chi connectivity index (χ4v) is 3.49. The Balaban J connectivity index is 1.82. The van der Waals surface area contributed by atoms with Crippen molar-refractivity contribution in [3.8, 4) is 17.0 Å². The number of hydrogen-bond donors (Lipinski definition) is 2. The summed E-state index contributed by atoms with van der Waals surface area (Å²) in [6, 6.07) is 8.87. The molecule has 0 unspecified atom stereocenters. The molecule has 26 heavy (non-hydrogen) atoms. The van der Waals surface area contributed by atoms with Crippen molar-refractivity contribution in [3.05, 3.63) is 36.0 Å². The van der Waals surface area contributed by atoms with Crippen LogP contribution in [-0.2, 0) is 7.05 Å². The van der Waals surface area contributed by atoms with Crippen LogP contribution in [0.1, 0.15) is 29.8 Å². The van der Waals surface area contributed by atoms with Crippen LogP contribution in [0.25, 0.3) is 11.3 Å². The number of aliphatic hydroxyl groups excluding tert-OH is 2. The highest BCUT2D eigenvalue weighted by molar-refractivity contribution is 5.93. The van der Waals surface area contributed by atoms with Crippen molar-refractivity contribution in [2.24, 2.45) is 7.05 Å². The summed E-state index contributed by atoms with van der Waals surface area (Å²) in [7, 11) is 5.05. The quantitative estimate of drug-likeness (QED) is 0.863. The summed E-state index contributed by atoms with van der Waals surface area (Å²) in [6.07, 6.45) is 0.286. The van der Waals surface area contributed by atoms with Crippen molar-refractivity contribution in [2.45, 2.75) is 37.5 Å². The minimum Gasteiger partial charge on any atom is -0.497 e. The molecule has 7 heteroatoms. The maximum absolute atomic E-state index is 12.8. The molecule has 1 saturated carbocycles. The molecule has 0 aliphatic heterocycles. The summed E-state index contributed by atoms with van der Waals surface area (Å²) >= 11 is 0. The Morgan fingerprint density at radius 2 is 1.96 bits per heavy atom. The van der Waals surface area contributed by atoms with Crippen LogP contribution in [0.5, 0.6) is 5.75 Å². The monoisotopic (exact) mass is 359 g/mol. The van der Waals surface area contributed by atoms with E-state index in [4.69, 9.17) is 4.74 Å². The molecule has 140 valence electrons. The minimum absolute atomic E-state index is 0.265. The maximum Gasteiger partial charge on any atom is 0.274 e. The lowest BCUT2D eigenvalue weighted by Gasteiger charge is -2.37. The number of likely N-dealkylation sites (N-methyl/N-ethyl adjacent to an activating group) is 1. The standard InChI is InChI=1S/C19H25N3O4/c1-21(15-5-4-6-17(23)18(15)24)19(25)14-11-16(22(2)20-14)12-7-9-13(26-3)10-8-12/h7-11,15,17-18,23-24H,4-6H2,1-3H3/t15-,17-,18-/m1/s1. The molecule has 1 heterocycles. The third kappa shape index (κ3) is 3.45. The van der Waals surface area contributed by atoms with Gasteiger partial charge in [-0.15, -0.1) is 0 Å². The lowest BCUT2D eigenvalue weighted by atomic mass is 9.89. The van der Waals surface area contributed by atoms with Crippen LogP contribution < -0.4 is 4.74 Å². The van der Waals surface area contributed by atoms with Crippen molar-refractivity contribution in [2.75, 3.05) is 14.2 Å². The highest BCUT2D eigenvalue weighted by atomic mass is 16.5. The molecule has 2 N–H and O–H groups in total. The number of methoxy groups -OCH3 is 1. The van der Waals surface area contributed by atoms with Gasteiger partial charge in [-0.25, -0.2) is 0 Å². The van der Waals surface area contributed by atoms with Crippen molar-refractivity contribution in [3.63, 3.8) is 0 Å². The molecular weight excluding hydrogens is 334 g/mol. The number of carbonyl (C=O) groups is 1. The van der Waals surface area contributed by atoms with Gasteiger partial charge in [0, 0.05) is 19.7 Å². The third-order valence-corrected chi connectivity index (χ3v) is 5.09. The molecule has 1 aliphatic rings. The third-order valence-electron chi connectivity index (χ3n) is 5.09. The summed E-state index contributed by atoms with van der Waals surface area (Å²) < 4.78 is 6.83. The van der Waals surface area contributed by atoms with Gasteiger partial charge in [0.15, 0.2) is 5.69 Å². The van der Waals surface area contributed by atoms with E-state index >= 15 is 0 Å². The van der Waals surface area contributed by atoms with Gasteiger partial charge in [0.25, 0.3) is 5.91 Å². The van der Waals surface area contributed by atoms with Crippen molar-refractivity contribution in [1.29, 1.82) is 0 Å². The van der Waals surface area contributed by atoms with Gasteiger partial charge in [0.2, 0.25) is 0 Å². The number of aromatic nitrogens is 2. The van der Waals surface area contributed by atoms with Crippen LogP contribution in [0.3, 0.4) is 0 Å². The predicted molar refractivity (Wildman–Crippen MR) is 96.9 cm³/mol. The van der Waals surface area contributed by atoms with Crippen LogP contribution in [0.4, 0.5) is 0 Å². The molecule has 3 rings (SSSR count). The van der Waals surface area contributed by atoms with Gasteiger partial charge in [-0.3, -0.25) is 9.48 Å². The Morgan fingerprint density at radius 3 is 2.62 bits per heavy atom. The molecule has 1 fully saturated rings. The molecule has 1 amide bonds. The van der Waals surface area contributed by atoms with Crippen molar-refractivity contribution >= 4 is 5.91 Å². The first-order chi connectivity index (χ1) is 12.4. The van der Waals surface area contributed by atoms with Crippen LogP contribution in [0, 0.1) is 0 Å². The molecular formula is C19H25N3O4. The summed E-state index contributed by atoms with van der Waals surface area (Å²) in [5, 5.41) is 24.4. The number of amides is 1. The normalized spacial score (nSPS) is 22.9.